The molecule has 6 aliphatic heterocycles. The maximum atomic E-state index is 14.4. The van der Waals surface area contributed by atoms with Crippen molar-refractivity contribution >= 4 is 86.2 Å². The summed E-state index contributed by atoms with van der Waals surface area (Å²) in [6, 6.07) is 0.518. The van der Waals surface area contributed by atoms with E-state index < -0.39 is 123 Å². The number of piperidine rings is 1. The van der Waals surface area contributed by atoms with E-state index in [-0.39, 0.29) is 77.2 Å². The number of fused-ring (bicyclic) bond motifs is 3. The average molecular weight is 1170 g/mol. The van der Waals surface area contributed by atoms with Gasteiger partial charge in [0.15, 0.2) is 0 Å². The number of para-hydroxylation sites is 1. The number of aliphatic carboxylic acids is 1. The van der Waals surface area contributed by atoms with Gasteiger partial charge >= 0.3 is 27.2 Å². The zero-order valence-corrected chi connectivity index (χ0v) is 47.9. The number of carbonyl (C=O) groups is 11. The Kier molecular flexibility index (Phi) is 23.3. The van der Waals surface area contributed by atoms with E-state index in [0.717, 1.165) is 30.5 Å². The van der Waals surface area contributed by atoms with E-state index >= 15 is 0 Å². The van der Waals surface area contributed by atoms with E-state index in [1.54, 1.807) is 6.92 Å². The molecule has 6 heterocycles. The van der Waals surface area contributed by atoms with Gasteiger partial charge in [0.05, 0.1) is 31.7 Å². The second-order valence-corrected chi connectivity index (χ2v) is 22.8. The number of halogens is 1. The molecule has 27 nitrogen and oxygen atoms in total. The van der Waals surface area contributed by atoms with Crippen LogP contribution in [0.25, 0.3) is 0 Å². The van der Waals surface area contributed by atoms with E-state index in [0.29, 0.717) is 76.8 Å². The van der Waals surface area contributed by atoms with Crippen molar-refractivity contribution in [1.29, 1.82) is 0 Å². The summed E-state index contributed by atoms with van der Waals surface area (Å²) in [5, 5.41) is 25.7. The molecule has 82 heavy (non-hydrogen) atoms. The standard InChI is InChI=1S/C53H79N11O16.Al.FH/c1-4-32(2)47(51(77)57-37-9-8-34-6-5-7-35-26-39(64(48(34)35)52(37)78)50(76)58-38-27-46(74)80-53(38)79-3)59-41(66)13-16-54-40(65)12-17-55-49(75)36(10-11-43(68)69)56-42(67)29-60-18-14-33(15-19-60)28-61-20-22-62(30-44(70)71)24-25-63(23-21-61)31-45(72)73;;/h5-7,32-33,36-39,47,53H,4,8-31H2,1-3H3,(H,54,65)(H,55,75)(H,56,67)(H,57,77)(H,58,76)(H,59,66)(H,68,69)(H,70,71)(H,72,73);;1H/q;+3;/p-3/t32-,36+,37-,38-,39-,47-,53-;;/m0../s1. The molecule has 7 amide bonds. The number of rotatable bonds is 23. The number of hydrogen-bond acceptors (Lipinski definition) is 19. The van der Waals surface area contributed by atoms with E-state index in [1.165, 1.54) is 12.0 Å². The van der Waals surface area contributed by atoms with Crippen LogP contribution in [-0.2, 0) is 82.6 Å². The van der Waals surface area contributed by atoms with Crippen molar-refractivity contribution in [2.75, 3.05) is 104 Å². The first kappa shape index (κ1) is 63.2. The summed E-state index contributed by atoms with van der Waals surface area (Å²) in [4.78, 5) is 152. The molecule has 0 aliphatic carbocycles. The number of cyclic esters (lactones) is 1. The second kappa shape index (κ2) is 30.3. The van der Waals surface area contributed by atoms with Gasteiger partial charge < -0.3 is 62.5 Å². The van der Waals surface area contributed by atoms with Crippen LogP contribution in [0.1, 0.15) is 82.8 Å². The fraction of sp³-hybridized carbons (Fsp3) is 0.679. The van der Waals surface area contributed by atoms with Crippen LogP contribution in [0.4, 0.5) is 9.21 Å². The maximum absolute atomic E-state index is 14.4. The van der Waals surface area contributed by atoms with E-state index in [4.69, 9.17) is 17.1 Å². The first-order valence-electron chi connectivity index (χ1n) is 28.3. The highest BCUT2D eigenvalue weighted by atomic mass is 27.3. The number of carboxylic acid groups (broad SMARTS) is 1. The quantitative estimate of drug-likeness (QED) is 0.0435. The third-order valence-electron chi connectivity index (χ3n) is 15.9. The van der Waals surface area contributed by atoms with Crippen molar-refractivity contribution in [2.45, 2.75) is 121 Å². The molecule has 0 saturated carbocycles. The minimum atomic E-state index is -3.90. The molecule has 29 heteroatoms. The summed E-state index contributed by atoms with van der Waals surface area (Å²) in [6.45, 7) is 8.43. The highest BCUT2D eigenvalue weighted by Gasteiger charge is 2.47. The highest BCUT2D eigenvalue weighted by Crippen LogP contribution is 2.39. The van der Waals surface area contributed by atoms with Crippen LogP contribution in [-0.4, -0.2) is 240 Å². The van der Waals surface area contributed by atoms with Crippen LogP contribution in [0.2, 0.25) is 0 Å². The molecule has 7 rings (SSSR count). The van der Waals surface area contributed by atoms with Crippen LogP contribution in [0, 0.1) is 11.8 Å². The second-order valence-electron chi connectivity index (χ2n) is 21.8. The van der Waals surface area contributed by atoms with E-state index in [9.17, 15) is 61.4 Å². The monoisotopic (exact) mass is 1170 g/mol. The lowest BCUT2D eigenvalue weighted by Gasteiger charge is -2.35. The van der Waals surface area contributed by atoms with Gasteiger partial charge in [-0.3, -0.25) is 72.3 Å². The Balaban J connectivity index is 0.820. The molecule has 9 atom stereocenters. The third kappa shape index (κ3) is 18.1. The Bertz CT molecular complexity index is 2490. The molecule has 2 bridgehead atoms. The molecule has 4 fully saturated rings. The molecular weight excluding hydrogens is 1090 g/mol. The number of amides is 7. The fourth-order valence-electron chi connectivity index (χ4n) is 11.2. The summed E-state index contributed by atoms with van der Waals surface area (Å²) < 4.78 is 33.9. The minimum Gasteiger partial charge on any atom is -0.558 e. The van der Waals surface area contributed by atoms with Gasteiger partial charge in [-0.15, -0.1) is 0 Å². The molecule has 0 radical (unpaired) electrons. The van der Waals surface area contributed by atoms with Crippen molar-refractivity contribution < 1.29 is 78.4 Å². The predicted octanol–water partition coefficient (Wildman–Crippen LogP) is -2.64. The van der Waals surface area contributed by atoms with Crippen LogP contribution < -0.4 is 36.8 Å². The normalized spacial score (nSPS) is 24.7. The van der Waals surface area contributed by atoms with Gasteiger partial charge in [-0.2, -0.15) is 0 Å². The lowest BCUT2D eigenvalue weighted by atomic mass is 9.96. The summed E-state index contributed by atoms with van der Waals surface area (Å²) >= 11 is -3.90. The topological polar surface area (TPSA) is 333 Å². The largest absolute Gasteiger partial charge is 1.15 e. The first-order valence-corrected chi connectivity index (χ1v) is 29.7. The number of nitrogens with zero attached hydrogens (tertiary/aromatic N) is 5. The molecule has 4 saturated heterocycles. The smallest absolute Gasteiger partial charge is 0.558 e. The molecule has 6 aliphatic rings. The zero-order valence-electron chi connectivity index (χ0n) is 46.8. The highest BCUT2D eigenvalue weighted by molar-refractivity contribution is 6.41. The van der Waals surface area contributed by atoms with Gasteiger partial charge in [0.25, 0.3) is 11.9 Å². The third-order valence-corrected chi connectivity index (χ3v) is 16.8. The van der Waals surface area contributed by atoms with Crippen molar-refractivity contribution in [3.8, 4) is 0 Å². The van der Waals surface area contributed by atoms with E-state index in [1.807, 2.05) is 39.8 Å². The summed E-state index contributed by atoms with van der Waals surface area (Å²) in [7, 11) is 1.35. The van der Waals surface area contributed by atoms with Gasteiger partial charge in [0, 0.05) is 91.7 Å². The Morgan fingerprint density at radius 3 is 2.06 bits per heavy atom. The summed E-state index contributed by atoms with van der Waals surface area (Å²) in [5.41, 5.74) is 2.23. The van der Waals surface area contributed by atoms with Crippen LogP contribution in [0.15, 0.2) is 18.2 Å². The lowest BCUT2D eigenvalue weighted by molar-refractivity contribution is -0.160. The van der Waals surface area contributed by atoms with Crippen LogP contribution in [0.5, 0.6) is 0 Å². The Labute approximate surface area is 480 Å². The van der Waals surface area contributed by atoms with Gasteiger partial charge in [-0.25, -0.2) is 0 Å². The summed E-state index contributed by atoms with van der Waals surface area (Å²) in [5.74, 6) is -7.13. The Hall–Kier alpha value is -6.35. The summed E-state index contributed by atoms with van der Waals surface area (Å²) in [6.07, 6.45) is 0.772. The average Bonchev–Trinajstić information content (AvgIpc) is 3.49. The molecule has 0 spiro atoms. The van der Waals surface area contributed by atoms with Crippen molar-refractivity contribution in [2.24, 2.45) is 11.8 Å². The van der Waals surface area contributed by atoms with Crippen molar-refractivity contribution in [1.82, 2.24) is 51.5 Å². The number of methoxy groups -OCH3 is 1. The van der Waals surface area contributed by atoms with Gasteiger partial charge in [-0.1, -0.05) is 38.5 Å². The number of likely N-dealkylation sites (tertiary alicyclic amines) is 1. The van der Waals surface area contributed by atoms with Crippen molar-refractivity contribution in [3.05, 3.63) is 29.3 Å². The zero-order chi connectivity index (χ0) is 59.0. The van der Waals surface area contributed by atoms with Crippen LogP contribution >= 0.6 is 0 Å². The molecule has 450 valence electrons. The molecule has 1 aromatic rings. The SMILES string of the molecule is CC[C@H](C)[C@H](NC(=O)CCNC(=O)CCNC(=O)[C@@H](CCC(=O)O)NC(=O)CN1CCC(CN2CCN3CCN(CC2)CC(=O)[O][Al]([F])[O]C(=O)C3)CC1)C(=O)N[C@H]1CCc2cccc3c2N(C1=O)[C@H](C(=O)N[C@H]1CC(=O)O[C@@H]1OC)C3. The number of anilines is 1. The minimum absolute atomic E-state index is 0.0265. The number of benzene rings is 1. The maximum Gasteiger partial charge on any atom is 1.15 e. The number of aryl methyl sites for hydroxylation is 1. The molecule has 2 unspecified atom stereocenters. The predicted molar refractivity (Wildman–Crippen MR) is 288 cm³/mol. The number of nitrogens with one attached hydrogen (secondary N) is 6. The lowest BCUT2D eigenvalue weighted by Crippen LogP contribution is -2.59. The number of esters is 1. The van der Waals surface area contributed by atoms with Crippen molar-refractivity contribution in [3.63, 3.8) is 0 Å². The Morgan fingerprint density at radius 1 is 0.756 bits per heavy atom. The van der Waals surface area contributed by atoms with Crippen LogP contribution in [0.3, 0.4) is 0 Å². The van der Waals surface area contributed by atoms with Gasteiger partial charge in [0.2, 0.25) is 47.6 Å². The Morgan fingerprint density at radius 2 is 1.40 bits per heavy atom. The number of ether oxygens (including phenoxy) is 2. The fourth-order valence-corrected chi connectivity index (χ4v) is 11.8. The number of hydrogen-bond donors (Lipinski definition) is 7. The number of carbonyl (C=O) groups excluding carboxylic acids is 10. The van der Waals surface area contributed by atoms with E-state index in [2.05, 4.69) is 36.8 Å². The van der Waals surface area contributed by atoms with Gasteiger partial charge in [-0.05, 0) is 68.2 Å². The number of carboxylic acids is 1. The molecule has 0 aromatic heterocycles. The molecule has 7 N–H and O–H groups in total. The first-order chi connectivity index (χ1) is 39.3. The van der Waals surface area contributed by atoms with Gasteiger partial charge in [0.1, 0.15) is 30.2 Å². The molecule has 1 aromatic carbocycles. The molecular formula is C53H77AlFN11O16.